The number of nitrogens with two attached hydrogens (primary N) is 1. The molecule has 0 aliphatic heterocycles. The second-order valence-electron chi connectivity index (χ2n) is 4.67. The molecule has 66 valence electrons. The van der Waals surface area contributed by atoms with E-state index in [-0.39, 0.29) is 5.54 Å². The summed E-state index contributed by atoms with van der Waals surface area (Å²) >= 11 is 0. The summed E-state index contributed by atoms with van der Waals surface area (Å²) < 4.78 is 0. The molecule has 0 spiro atoms. The van der Waals surface area contributed by atoms with Gasteiger partial charge in [-0.1, -0.05) is 30.2 Å². The average molecular weight is 163 g/mol. The van der Waals surface area contributed by atoms with E-state index in [4.69, 9.17) is 5.73 Å². The summed E-state index contributed by atoms with van der Waals surface area (Å²) in [4.78, 5) is 0. The average Bonchev–Trinajstić information content (AvgIpc) is 1.77. The van der Waals surface area contributed by atoms with Crippen molar-refractivity contribution < 1.29 is 0 Å². The molecule has 2 atom stereocenters. The number of hydrogen-bond acceptors (Lipinski definition) is 1. The van der Waals surface area contributed by atoms with Gasteiger partial charge in [-0.3, -0.25) is 0 Å². The van der Waals surface area contributed by atoms with Gasteiger partial charge in [-0.15, -0.1) is 0 Å². The highest BCUT2D eigenvalue weighted by atomic mass is 14.7. The van der Waals surface area contributed by atoms with Crippen LogP contribution in [-0.2, 0) is 0 Å². The third-order valence-corrected chi connectivity index (χ3v) is 2.72. The predicted octanol–water partition coefficient (Wildman–Crippen LogP) is 2.39. The van der Waals surface area contributed by atoms with Gasteiger partial charge in [0.1, 0.15) is 0 Å². The van der Waals surface area contributed by atoms with Crippen molar-refractivity contribution in [1.82, 2.24) is 0 Å². The van der Waals surface area contributed by atoms with Crippen molar-refractivity contribution in [2.24, 2.45) is 11.7 Å². The Bertz CT molecular complexity index is 248. The SMILES string of the molecule is CC1C=C2CC(=CC(C)(N)C1)C2. The number of hydrogen-bond donors (Lipinski definition) is 1. The van der Waals surface area contributed by atoms with Gasteiger partial charge >= 0.3 is 0 Å². The summed E-state index contributed by atoms with van der Waals surface area (Å²) in [5.41, 5.74) is 9.23. The highest BCUT2D eigenvalue weighted by Crippen LogP contribution is 2.38. The van der Waals surface area contributed by atoms with Crippen LogP contribution in [0.2, 0.25) is 0 Å². The van der Waals surface area contributed by atoms with Crippen molar-refractivity contribution in [3.8, 4) is 0 Å². The van der Waals surface area contributed by atoms with Gasteiger partial charge in [0, 0.05) is 5.54 Å². The van der Waals surface area contributed by atoms with Crippen LogP contribution in [0.5, 0.6) is 0 Å². The third-order valence-electron chi connectivity index (χ3n) is 2.72. The van der Waals surface area contributed by atoms with Gasteiger partial charge in [0.2, 0.25) is 0 Å². The molecule has 2 N–H and O–H groups in total. The Balaban J connectivity index is 2.25. The van der Waals surface area contributed by atoms with Crippen LogP contribution in [-0.4, -0.2) is 5.54 Å². The van der Waals surface area contributed by atoms with Gasteiger partial charge in [-0.25, -0.2) is 0 Å². The summed E-state index contributed by atoms with van der Waals surface area (Å²) in [6, 6.07) is 0. The summed E-state index contributed by atoms with van der Waals surface area (Å²) in [6.07, 6.45) is 8.15. The van der Waals surface area contributed by atoms with Crippen molar-refractivity contribution in [1.29, 1.82) is 0 Å². The van der Waals surface area contributed by atoms with Gasteiger partial charge < -0.3 is 5.73 Å². The smallest absolute Gasteiger partial charge is 0.0318 e. The quantitative estimate of drug-likeness (QED) is 0.545. The maximum atomic E-state index is 6.15. The lowest BCUT2D eigenvalue weighted by atomic mass is 9.75. The molecule has 1 saturated carbocycles. The first-order valence-corrected chi connectivity index (χ1v) is 4.74. The molecule has 0 saturated heterocycles. The normalized spacial score (nSPS) is 40.4. The van der Waals surface area contributed by atoms with Crippen molar-refractivity contribution >= 4 is 0 Å². The molecule has 12 heavy (non-hydrogen) atoms. The van der Waals surface area contributed by atoms with Gasteiger partial charge in [-0.2, -0.15) is 0 Å². The molecule has 2 bridgehead atoms. The second-order valence-corrected chi connectivity index (χ2v) is 4.67. The van der Waals surface area contributed by atoms with Crippen LogP contribution in [0.4, 0.5) is 0 Å². The molecule has 0 radical (unpaired) electrons. The fourth-order valence-electron chi connectivity index (χ4n) is 2.43. The minimum absolute atomic E-state index is 0.0722. The summed E-state index contributed by atoms with van der Waals surface area (Å²) in [5.74, 6) is 0.646. The molecule has 3 aliphatic carbocycles. The molecule has 0 amide bonds. The minimum Gasteiger partial charge on any atom is -0.322 e. The van der Waals surface area contributed by atoms with Crippen LogP contribution < -0.4 is 5.73 Å². The lowest BCUT2D eigenvalue weighted by molar-refractivity contribution is 0.450. The van der Waals surface area contributed by atoms with Crippen molar-refractivity contribution in [2.45, 2.75) is 38.6 Å². The van der Waals surface area contributed by atoms with Gasteiger partial charge in [0.25, 0.3) is 0 Å². The fourth-order valence-corrected chi connectivity index (χ4v) is 2.43. The van der Waals surface area contributed by atoms with Crippen molar-refractivity contribution in [2.75, 3.05) is 0 Å². The van der Waals surface area contributed by atoms with Crippen LogP contribution in [0.3, 0.4) is 0 Å². The molecule has 1 fully saturated rings. The van der Waals surface area contributed by atoms with E-state index in [1.165, 1.54) is 18.4 Å². The van der Waals surface area contributed by atoms with E-state index in [2.05, 4.69) is 26.0 Å². The summed E-state index contributed by atoms with van der Waals surface area (Å²) in [5, 5.41) is 0. The summed E-state index contributed by atoms with van der Waals surface area (Å²) in [6.45, 7) is 4.39. The number of allylic oxidation sites excluding steroid dienone is 3. The maximum Gasteiger partial charge on any atom is 0.0318 e. The predicted molar refractivity (Wildman–Crippen MR) is 51.8 cm³/mol. The van der Waals surface area contributed by atoms with E-state index in [9.17, 15) is 0 Å². The Morgan fingerprint density at radius 1 is 1.42 bits per heavy atom. The van der Waals surface area contributed by atoms with Crippen LogP contribution in [0.1, 0.15) is 33.1 Å². The van der Waals surface area contributed by atoms with Crippen LogP contribution in [0, 0.1) is 5.92 Å². The molecular formula is C11H17N. The van der Waals surface area contributed by atoms with E-state index in [1.807, 2.05) is 0 Å². The Hall–Kier alpha value is -0.560. The molecule has 3 aliphatic rings. The van der Waals surface area contributed by atoms with Crippen LogP contribution in [0.15, 0.2) is 23.3 Å². The Kier molecular flexibility index (Phi) is 1.65. The third kappa shape index (κ3) is 1.46. The fraction of sp³-hybridized carbons (Fsp3) is 0.636. The van der Waals surface area contributed by atoms with Crippen molar-refractivity contribution in [3.05, 3.63) is 23.3 Å². The van der Waals surface area contributed by atoms with E-state index in [0.717, 1.165) is 6.42 Å². The zero-order valence-corrected chi connectivity index (χ0v) is 7.93. The topological polar surface area (TPSA) is 26.0 Å². The number of rotatable bonds is 0. The first-order valence-electron chi connectivity index (χ1n) is 4.74. The molecule has 0 aromatic heterocycles. The Morgan fingerprint density at radius 2 is 2.08 bits per heavy atom. The first-order chi connectivity index (χ1) is 5.55. The molecule has 2 unspecified atom stereocenters. The summed E-state index contributed by atoms with van der Waals surface area (Å²) in [7, 11) is 0. The monoisotopic (exact) mass is 163 g/mol. The minimum atomic E-state index is -0.0722. The molecule has 1 heteroatoms. The number of fused-ring (bicyclic) bond motifs is 4. The molecule has 0 aromatic carbocycles. The maximum absolute atomic E-state index is 6.15. The lowest BCUT2D eigenvalue weighted by Gasteiger charge is -2.33. The van der Waals surface area contributed by atoms with Crippen LogP contribution >= 0.6 is 0 Å². The van der Waals surface area contributed by atoms with Gasteiger partial charge in [-0.05, 0) is 32.1 Å². The zero-order valence-electron chi connectivity index (χ0n) is 7.93. The van der Waals surface area contributed by atoms with Gasteiger partial charge in [0.05, 0.1) is 0 Å². The molecule has 1 nitrogen and oxygen atoms in total. The Labute approximate surface area is 74.3 Å². The lowest BCUT2D eigenvalue weighted by Crippen LogP contribution is -2.37. The highest BCUT2D eigenvalue weighted by Gasteiger charge is 2.26. The largest absolute Gasteiger partial charge is 0.322 e. The molecule has 3 rings (SSSR count). The van der Waals surface area contributed by atoms with Gasteiger partial charge in [0.15, 0.2) is 0 Å². The molecule has 0 aromatic rings. The molecule has 0 heterocycles. The van der Waals surface area contributed by atoms with E-state index in [1.54, 1.807) is 5.57 Å². The zero-order chi connectivity index (χ0) is 8.77. The highest BCUT2D eigenvalue weighted by molar-refractivity contribution is 5.35. The van der Waals surface area contributed by atoms with E-state index >= 15 is 0 Å². The van der Waals surface area contributed by atoms with E-state index in [0.29, 0.717) is 5.92 Å². The van der Waals surface area contributed by atoms with Crippen molar-refractivity contribution in [3.63, 3.8) is 0 Å². The van der Waals surface area contributed by atoms with Crippen LogP contribution in [0.25, 0.3) is 0 Å². The molecular weight excluding hydrogens is 146 g/mol. The standard InChI is InChI=1S/C11H17N/c1-8-3-9-4-10(5-9)7-11(2,12)6-8/h3,7-8H,4-6,12H2,1-2H3. The first kappa shape index (κ1) is 8.06. The Morgan fingerprint density at radius 3 is 2.75 bits per heavy atom. The second kappa shape index (κ2) is 2.46. The van der Waals surface area contributed by atoms with E-state index < -0.39 is 0 Å².